The highest BCUT2D eigenvalue weighted by Crippen LogP contribution is 2.67. The fraction of sp³-hybridized carbons (Fsp3) is 0.926. The van der Waals surface area contributed by atoms with Crippen LogP contribution in [0.25, 0.3) is 0 Å². The molecule has 188 valence electrons. The summed E-state index contributed by atoms with van der Waals surface area (Å²) < 4.78 is 12.1. The molecule has 6 heteroatoms. The lowest BCUT2D eigenvalue weighted by Gasteiger charge is -2.59. The smallest absolute Gasteiger partial charge is 0.161 e. The van der Waals surface area contributed by atoms with Gasteiger partial charge in [-0.25, -0.2) is 0 Å². The molecule has 6 nitrogen and oxygen atoms in total. The van der Waals surface area contributed by atoms with E-state index in [1.54, 1.807) is 6.92 Å². The first-order valence-corrected chi connectivity index (χ1v) is 13.3. The van der Waals surface area contributed by atoms with Crippen LogP contribution in [-0.2, 0) is 9.47 Å². The fourth-order valence-corrected chi connectivity index (χ4v) is 8.81. The standard InChI is InChI=1S/C27H44O6/c1-15-24(30)22(29)14-23(32-15)33-16(2)27(31)12-9-21-19-6-5-17-13-18(28)7-10-25(17,3)20(19)8-11-26(21,27)4/h5,15-16,18-24,28-31H,6-14H2,1-4H3/t15-,16+,18+,19?,20?,21?,22-,23-,24-,25+,26+,27+/m1/s1. The zero-order valence-corrected chi connectivity index (χ0v) is 20.7. The SMILES string of the molecule is C[C@H](O[C@@H]1C[C@@H](O)[C@H](O)[C@@H](C)O1)[C@@]1(O)CCC2C3CC=C4C[C@@H](O)CC[C@]4(C)C3CC[C@@]21C. The Balaban J connectivity index is 1.34. The van der Waals surface area contributed by atoms with Gasteiger partial charge in [0.1, 0.15) is 6.10 Å². The lowest BCUT2D eigenvalue weighted by atomic mass is 9.46. The molecule has 4 aliphatic carbocycles. The molecule has 4 N–H and O–H groups in total. The molecule has 33 heavy (non-hydrogen) atoms. The van der Waals surface area contributed by atoms with Gasteiger partial charge in [-0.15, -0.1) is 0 Å². The van der Waals surface area contributed by atoms with Crippen LogP contribution in [0, 0.1) is 28.6 Å². The van der Waals surface area contributed by atoms with E-state index in [0.717, 1.165) is 51.4 Å². The molecule has 4 fully saturated rings. The molecule has 0 bridgehead atoms. The number of ether oxygens (including phenoxy) is 2. The number of rotatable bonds is 3. The van der Waals surface area contributed by atoms with Gasteiger partial charge in [-0.2, -0.15) is 0 Å². The molecule has 0 spiro atoms. The van der Waals surface area contributed by atoms with Crippen LogP contribution in [0.15, 0.2) is 11.6 Å². The van der Waals surface area contributed by atoms with Crippen molar-refractivity contribution in [1.29, 1.82) is 0 Å². The molecule has 0 aromatic carbocycles. The van der Waals surface area contributed by atoms with Crippen molar-refractivity contribution in [3.8, 4) is 0 Å². The van der Waals surface area contributed by atoms with Gasteiger partial charge in [0.2, 0.25) is 0 Å². The highest BCUT2D eigenvalue weighted by molar-refractivity contribution is 5.26. The zero-order chi connectivity index (χ0) is 23.8. The van der Waals surface area contributed by atoms with Gasteiger partial charge >= 0.3 is 0 Å². The van der Waals surface area contributed by atoms with E-state index in [2.05, 4.69) is 19.9 Å². The largest absolute Gasteiger partial charge is 0.393 e. The Hall–Kier alpha value is -0.500. The molecule has 5 rings (SSSR count). The van der Waals surface area contributed by atoms with E-state index in [-0.39, 0.29) is 23.4 Å². The Kier molecular flexibility index (Phi) is 6.07. The Bertz CT molecular complexity index is 773. The lowest BCUT2D eigenvalue weighted by Crippen LogP contribution is -2.59. The van der Waals surface area contributed by atoms with Crippen molar-refractivity contribution in [2.45, 2.75) is 128 Å². The second-order valence-electron chi connectivity index (χ2n) is 12.4. The summed E-state index contributed by atoms with van der Waals surface area (Å²) in [5, 5.41) is 42.5. The van der Waals surface area contributed by atoms with Crippen molar-refractivity contribution in [3.63, 3.8) is 0 Å². The third-order valence-corrected chi connectivity index (χ3v) is 11.0. The molecule has 0 radical (unpaired) electrons. The second kappa shape index (κ2) is 8.28. The predicted molar refractivity (Wildman–Crippen MR) is 124 cm³/mol. The van der Waals surface area contributed by atoms with E-state index in [9.17, 15) is 20.4 Å². The summed E-state index contributed by atoms with van der Waals surface area (Å²) in [4.78, 5) is 0. The van der Waals surface area contributed by atoms with Gasteiger partial charge in [0.15, 0.2) is 6.29 Å². The maximum absolute atomic E-state index is 12.1. The van der Waals surface area contributed by atoms with E-state index < -0.39 is 36.3 Å². The molecule has 3 unspecified atom stereocenters. The van der Waals surface area contributed by atoms with Crippen LogP contribution in [-0.4, -0.2) is 62.8 Å². The van der Waals surface area contributed by atoms with Crippen LogP contribution >= 0.6 is 0 Å². The monoisotopic (exact) mass is 464 g/mol. The molecule has 0 amide bonds. The number of aliphatic hydroxyl groups is 4. The summed E-state index contributed by atoms with van der Waals surface area (Å²) in [7, 11) is 0. The van der Waals surface area contributed by atoms with E-state index in [0.29, 0.717) is 17.8 Å². The van der Waals surface area contributed by atoms with Crippen LogP contribution in [0.3, 0.4) is 0 Å². The van der Waals surface area contributed by atoms with Crippen molar-refractivity contribution >= 4 is 0 Å². The Morgan fingerprint density at radius 3 is 2.52 bits per heavy atom. The average molecular weight is 465 g/mol. The molecule has 1 heterocycles. The van der Waals surface area contributed by atoms with E-state index in [1.165, 1.54) is 5.57 Å². The molecule has 0 aromatic rings. The number of hydrogen-bond acceptors (Lipinski definition) is 6. The molecule has 1 saturated heterocycles. The first-order chi connectivity index (χ1) is 15.5. The third kappa shape index (κ3) is 3.58. The van der Waals surface area contributed by atoms with Crippen LogP contribution in [0.1, 0.15) is 85.5 Å². The maximum Gasteiger partial charge on any atom is 0.161 e. The average Bonchev–Trinajstić information content (AvgIpc) is 3.04. The Labute approximate surface area is 198 Å². The number of aliphatic hydroxyl groups excluding tert-OH is 3. The topological polar surface area (TPSA) is 99.4 Å². The molecule has 12 atom stereocenters. The molecule has 0 aromatic heterocycles. The second-order valence-corrected chi connectivity index (χ2v) is 12.4. The van der Waals surface area contributed by atoms with E-state index >= 15 is 0 Å². The van der Waals surface area contributed by atoms with Crippen LogP contribution in [0.5, 0.6) is 0 Å². The highest BCUT2D eigenvalue weighted by Gasteiger charge is 2.65. The lowest BCUT2D eigenvalue weighted by molar-refractivity contribution is -0.288. The minimum absolute atomic E-state index is 0.186. The molecular formula is C27H44O6. The molecular weight excluding hydrogens is 420 g/mol. The quantitative estimate of drug-likeness (QED) is 0.479. The number of hydrogen-bond donors (Lipinski definition) is 4. The van der Waals surface area contributed by atoms with Crippen LogP contribution in [0.2, 0.25) is 0 Å². The van der Waals surface area contributed by atoms with Crippen molar-refractivity contribution in [2.75, 3.05) is 0 Å². The van der Waals surface area contributed by atoms with Crippen LogP contribution in [0.4, 0.5) is 0 Å². The summed E-state index contributed by atoms with van der Waals surface area (Å²) in [5.41, 5.74) is 0.501. The molecule has 3 saturated carbocycles. The van der Waals surface area contributed by atoms with E-state index in [4.69, 9.17) is 9.47 Å². The first kappa shape index (κ1) is 24.2. The van der Waals surface area contributed by atoms with Gasteiger partial charge in [-0.05, 0) is 88.4 Å². The molecule has 5 aliphatic rings. The predicted octanol–water partition coefficient (Wildman–Crippen LogP) is 3.30. The fourth-order valence-electron chi connectivity index (χ4n) is 8.81. The van der Waals surface area contributed by atoms with Crippen molar-refractivity contribution < 1.29 is 29.9 Å². The van der Waals surface area contributed by atoms with Gasteiger partial charge in [0.25, 0.3) is 0 Å². The Morgan fingerprint density at radius 1 is 1.06 bits per heavy atom. The summed E-state index contributed by atoms with van der Waals surface area (Å²) in [5.74, 6) is 1.64. The third-order valence-electron chi connectivity index (χ3n) is 11.0. The van der Waals surface area contributed by atoms with Gasteiger partial charge in [0.05, 0.1) is 30.0 Å². The van der Waals surface area contributed by atoms with Gasteiger partial charge in [-0.1, -0.05) is 25.5 Å². The van der Waals surface area contributed by atoms with Crippen LogP contribution < -0.4 is 0 Å². The van der Waals surface area contributed by atoms with Gasteiger partial charge < -0.3 is 29.9 Å². The summed E-state index contributed by atoms with van der Waals surface area (Å²) in [6.45, 7) is 8.40. The van der Waals surface area contributed by atoms with Gasteiger partial charge in [-0.3, -0.25) is 0 Å². The Morgan fingerprint density at radius 2 is 1.79 bits per heavy atom. The summed E-state index contributed by atoms with van der Waals surface area (Å²) in [6, 6.07) is 0. The summed E-state index contributed by atoms with van der Waals surface area (Å²) >= 11 is 0. The number of allylic oxidation sites excluding steroid dienone is 1. The van der Waals surface area contributed by atoms with E-state index in [1.807, 2.05) is 6.92 Å². The minimum Gasteiger partial charge on any atom is -0.393 e. The highest BCUT2D eigenvalue weighted by atomic mass is 16.7. The van der Waals surface area contributed by atoms with Crippen molar-refractivity contribution in [1.82, 2.24) is 0 Å². The van der Waals surface area contributed by atoms with Crippen molar-refractivity contribution in [3.05, 3.63) is 11.6 Å². The van der Waals surface area contributed by atoms with Crippen molar-refractivity contribution in [2.24, 2.45) is 28.6 Å². The first-order valence-electron chi connectivity index (χ1n) is 13.3. The zero-order valence-electron chi connectivity index (χ0n) is 20.7. The summed E-state index contributed by atoms with van der Waals surface area (Å²) in [6.07, 6.45) is 6.81. The maximum atomic E-state index is 12.1. The number of fused-ring (bicyclic) bond motifs is 5. The van der Waals surface area contributed by atoms with Gasteiger partial charge in [0, 0.05) is 11.8 Å². The minimum atomic E-state index is -0.941. The normalized spacial score (nSPS) is 55.2. The molecule has 1 aliphatic heterocycles.